The van der Waals surface area contributed by atoms with Crippen molar-refractivity contribution < 1.29 is 9.13 Å². The Morgan fingerprint density at radius 1 is 1.30 bits per heavy atom. The summed E-state index contributed by atoms with van der Waals surface area (Å²) in [5.41, 5.74) is 0.932. The van der Waals surface area contributed by atoms with Crippen LogP contribution in [-0.4, -0.2) is 13.2 Å². The van der Waals surface area contributed by atoms with Crippen molar-refractivity contribution in [3.05, 3.63) is 52.0 Å². The van der Waals surface area contributed by atoms with Gasteiger partial charge in [0.05, 0.1) is 7.11 Å². The molecule has 2 unspecified atom stereocenters. The third-order valence-corrected chi connectivity index (χ3v) is 4.20. The van der Waals surface area contributed by atoms with E-state index >= 15 is 0 Å². The first-order chi connectivity index (χ1) is 9.60. The van der Waals surface area contributed by atoms with Crippen LogP contribution in [-0.2, 0) is 6.42 Å². The Labute approximate surface area is 123 Å². The number of nitrogens with one attached hydrogen (secondary N) is 1. The number of hydrogen-bond donors (Lipinski definition) is 1. The molecule has 2 nitrogen and oxygen atoms in total. The monoisotopic (exact) mass is 293 g/mol. The highest BCUT2D eigenvalue weighted by Crippen LogP contribution is 2.22. The van der Waals surface area contributed by atoms with Gasteiger partial charge in [-0.3, -0.25) is 0 Å². The lowest BCUT2D eigenvalue weighted by molar-refractivity contribution is 0.385. The molecule has 0 spiro atoms. The van der Waals surface area contributed by atoms with Crippen molar-refractivity contribution in [2.75, 3.05) is 7.11 Å². The minimum atomic E-state index is -0.315. The van der Waals surface area contributed by atoms with Crippen molar-refractivity contribution in [3.8, 4) is 5.75 Å². The molecule has 0 aliphatic heterocycles. The first-order valence-corrected chi connectivity index (χ1v) is 7.60. The Bertz CT molecular complexity index is 541. The van der Waals surface area contributed by atoms with Crippen molar-refractivity contribution in [1.29, 1.82) is 0 Å². The number of benzene rings is 1. The van der Waals surface area contributed by atoms with Crippen LogP contribution in [0.5, 0.6) is 5.75 Å². The van der Waals surface area contributed by atoms with Crippen molar-refractivity contribution in [1.82, 2.24) is 5.32 Å². The molecule has 2 aromatic rings. The van der Waals surface area contributed by atoms with Crippen LogP contribution in [0.25, 0.3) is 0 Å². The molecule has 0 fully saturated rings. The smallest absolute Gasteiger partial charge is 0.165 e. The number of rotatable bonds is 6. The van der Waals surface area contributed by atoms with Gasteiger partial charge in [0.1, 0.15) is 0 Å². The molecule has 1 heterocycles. The summed E-state index contributed by atoms with van der Waals surface area (Å²) in [7, 11) is 1.48. The van der Waals surface area contributed by atoms with Gasteiger partial charge in [0.15, 0.2) is 11.6 Å². The van der Waals surface area contributed by atoms with E-state index in [1.54, 1.807) is 17.4 Å². The highest BCUT2D eigenvalue weighted by molar-refractivity contribution is 7.09. The predicted molar refractivity (Wildman–Crippen MR) is 82.0 cm³/mol. The maximum absolute atomic E-state index is 13.7. The van der Waals surface area contributed by atoms with Crippen LogP contribution in [0, 0.1) is 5.82 Å². The summed E-state index contributed by atoms with van der Waals surface area (Å²) in [6.07, 6.45) is 0.987. The van der Waals surface area contributed by atoms with Gasteiger partial charge in [-0.05, 0) is 49.4 Å². The highest BCUT2D eigenvalue weighted by Gasteiger charge is 2.12. The number of hydrogen-bond acceptors (Lipinski definition) is 3. The largest absolute Gasteiger partial charge is 0.494 e. The molecule has 0 amide bonds. The lowest BCUT2D eigenvalue weighted by Crippen LogP contribution is -2.30. The first kappa shape index (κ1) is 15.0. The summed E-state index contributed by atoms with van der Waals surface area (Å²) in [5, 5.41) is 5.59. The highest BCUT2D eigenvalue weighted by atomic mass is 32.1. The quantitative estimate of drug-likeness (QED) is 0.862. The fourth-order valence-electron chi connectivity index (χ4n) is 2.26. The fraction of sp³-hybridized carbons (Fsp3) is 0.375. The normalized spacial score (nSPS) is 14.0. The molecule has 108 valence electrons. The molecule has 0 radical (unpaired) electrons. The van der Waals surface area contributed by atoms with Crippen LogP contribution in [0.3, 0.4) is 0 Å². The van der Waals surface area contributed by atoms with Crippen LogP contribution in [0.4, 0.5) is 4.39 Å². The molecular weight excluding hydrogens is 273 g/mol. The van der Waals surface area contributed by atoms with Gasteiger partial charge >= 0.3 is 0 Å². The van der Waals surface area contributed by atoms with Crippen LogP contribution >= 0.6 is 11.3 Å². The molecule has 2 atom stereocenters. The summed E-state index contributed by atoms with van der Waals surface area (Å²) >= 11 is 1.76. The fourth-order valence-corrected chi connectivity index (χ4v) is 3.10. The van der Waals surface area contributed by atoms with Gasteiger partial charge in [0.2, 0.25) is 0 Å². The lowest BCUT2D eigenvalue weighted by atomic mass is 10.1. The van der Waals surface area contributed by atoms with Crippen molar-refractivity contribution in [3.63, 3.8) is 0 Å². The van der Waals surface area contributed by atoms with Crippen LogP contribution in [0.2, 0.25) is 0 Å². The zero-order chi connectivity index (χ0) is 14.5. The molecule has 2 rings (SSSR count). The third kappa shape index (κ3) is 3.81. The van der Waals surface area contributed by atoms with E-state index in [2.05, 4.69) is 29.8 Å². The van der Waals surface area contributed by atoms with Crippen LogP contribution in [0.1, 0.15) is 30.3 Å². The molecule has 0 bridgehead atoms. The van der Waals surface area contributed by atoms with Gasteiger partial charge in [0, 0.05) is 17.0 Å². The second-order valence-corrected chi connectivity index (χ2v) is 6.00. The molecular formula is C16H20FNOS. The molecule has 0 saturated heterocycles. The summed E-state index contributed by atoms with van der Waals surface area (Å²) in [6.45, 7) is 4.20. The first-order valence-electron chi connectivity index (χ1n) is 6.72. The summed E-state index contributed by atoms with van der Waals surface area (Å²) < 4.78 is 18.6. The van der Waals surface area contributed by atoms with Crippen LogP contribution in [0.15, 0.2) is 35.7 Å². The Kier molecular flexibility index (Phi) is 5.15. The average molecular weight is 293 g/mol. The minimum Gasteiger partial charge on any atom is -0.494 e. The van der Waals surface area contributed by atoms with E-state index in [0.29, 0.717) is 6.04 Å². The molecule has 20 heavy (non-hydrogen) atoms. The zero-order valence-corrected chi connectivity index (χ0v) is 12.8. The molecule has 4 heteroatoms. The molecule has 1 aromatic heterocycles. The summed E-state index contributed by atoms with van der Waals surface area (Å²) in [5.74, 6) is -0.0304. The standard InChI is InChI=1S/C16H20FNOS/c1-11(9-14-5-4-8-20-14)18-12(2)13-6-7-16(19-3)15(17)10-13/h4-8,10-12,18H,9H2,1-3H3. The van der Waals surface area contributed by atoms with Crippen molar-refractivity contribution in [2.24, 2.45) is 0 Å². The second-order valence-electron chi connectivity index (χ2n) is 4.97. The number of thiophene rings is 1. The maximum atomic E-state index is 13.7. The minimum absolute atomic E-state index is 0.102. The molecule has 0 saturated carbocycles. The van der Waals surface area contributed by atoms with E-state index in [-0.39, 0.29) is 17.6 Å². The average Bonchev–Trinajstić information content (AvgIpc) is 2.91. The van der Waals surface area contributed by atoms with Crippen molar-refractivity contribution >= 4 is 11.3 Å². The van der Waals surface area contributed by atoms with Gasteiger partial charge < -0.3 is 10.1 Å². The topological polar surface area (TPSA) is 21.3 Å². The summed E-state index contributed by atoms with van der Waals surface area (Å²) in [6, 6.07) is 9.76. The van der Waals surface area contributed by atoms with E-state index in [1.807, 2.05) is 13.0 Å². The number of ether oxygens (including phenoxy) is 1. The van der Waals surface area contributed by atoms with Gasteiger partial charge in [-0.15, -0.1) is 11.3 Å². The molecule has 1 N–H and O–H groups in total. The molecule has 1 aromatic carbocycles. The predicted octanol–water partition coefficient (Wildman–Crippen LogP) is 4.18. The van der Waals surface area contributed by atoms with Gasteiger partial charge in [-0.25, -0.2) is 4.39 Å². The second kappa shape index (κ2) is 6.86. The van der Waals surface area contributed by atoms with Gasteiger partial charge in [-0.1, -0.05) is 12.1 Å². The van der Waals surface area contributed by atoms with E-state index in [9.17, 15) is 4.39 Å². The zero-order valence-electron chi connectivity index (χ0n) is 12.0. The van der Waals surface area contributed by atoms with E-state index < -0.39 is 0 Å². The number of halogens is 1. The van der Waals surface area contributed by atoms with E-state index in [0.717, 1.165) is 12.0 Å². The van der Waals surface area contributed by atoms with Gasteiger partial charge in [0.25, 0.3) is 0 Å². The Balaban J connectivity index is 1.97. The maximum Gasteiger partial charge on any atom is 0.165 e. The van der Waals surface area contributed by atoms with Gasteiger partial charge in [-0.2, -0.15) is 0 Å². The van der Waals surface area contributed by atoms with Crippen LogP contribution < -0.4 is 10.1 Å². The third-order valence-electron chi connectivity index (χ3n) is 3.30. The molecule has 0 aliphatic carbocycles. The lowest BCUT2D eigenvalue weighted by Gasteiger charge is -2.20. The molecule has 0 aliphatic rings. The Morgan fingerprint density at radius 2 is 2.10 bits per heavy atom. The van der Waals surface area contributed by atoms with E-state index in [4.69, 9.17) is 4.74 Å². The SMILES string of the molecule is COc1ccc(C(C)NC(C)Cc2cccs2)cc1F. The number of methoxy groups -OCH3 is 1. The Morgan fingerprint density at radius 3 is 2.70 bits per heavy atom. The summed E-state index contributed by atoms with van der Waals surface area (Å²) in [4.78, 5) is 1.36. The van der Waals surface area contributed by atoms with Crippen molar-refractivity contribution in [2.45, 2.75) is 32.4 Å². The Hall–Kier alpha value is -1.39. The van der Waals surface area contributed by atoms with E-state index in [1.165, 1.54) is 18.1 Å².